The van der Waals surface area contributed by atoms with E-state index < -0.39 is 0 Å². The van der Waals surface area contributed by atoms with Gasteiger partial charge < -0.3 is 4.90 Å². The van der Waals surface area contributed by atoms with Crippen LogP contribution in [0.2, 0.25) is 0 Å². The van der Waals surface area contributed by atoms with Gasteiger partial charge in [-0.3, -0.25) is 9.48 Å². The Kier molecular flexibility index (Phi) is 3.94. The maximum absolute atomic E-state index is 12.8. The summed E-state index contributed by atoms with van der Waals surface area (Å²) >= 11 is 0. The Morgan fingerprint density at radius 1 is 1.32 bits per heavy atom. The van der Waals surface area contributed by atoms with E-state index in [1.807, 2.05) is 17.7 Å². The zero-order valence-corrected chi connectivity index (χ0v) is 11.0. The molecule has 2 aromatic rings. The van der Waals surface area contributed by atoms with Gasteiger partial charge in [0, 0.05) is 25.4 Å². The van der Waals surface area contributed by atoms with E-state index in [1.165, 1.54) is 24.3 Å². The van der Waals surface area contributed by atoms with Crippen LogP contribution in [0, 0.1) is 5.82 Å². The Labute approximate surface area is 111 Å². The lowest BCUT2D eigenvalue weighted by atomic mass is 10.2. The fraction of sp³-hybridized carbons (Fsp3) is 0.286. The van der Waals surface area contributed by atoms with Gasteiger partial charge in [-0.1, -0.05) is 0 Å². The number of aryl methyl sites for hydroxylation is 1. The van der Waals surface area contributed by atoms with Gasteiger partial charge in [0.2, 0.25) is 0 Å². The molecule has 0 saturated carbocycles. The van der Waals surface area contributed by atoms with Crippen molar-refractivity contribution in [2.24, 2.45) is 0 Å². The highest BCUT2D eigenvalue weighted by molar-refractivity contribution is 5.93. The Morgan fingerprint density at radius 3 is 2.63 bits per heavy atom. The lowest BCUT2D eigenvalue weighted by Crippen LogP contribution is -2.27. The van der Waals surface area contributed by atoms with E-state index in [9.17, 15) is 9.18 Å². The largest absolute Gasteiger partial charge is 0.336 e. The van der Waals surface area contributed by atoms with Crippen LogP contribution in [0.15, 0.2) is 36.5 Å². The fourth-order valence-electron chi connectivity index (χ4n) is 1.91. The van der Waals surface area contributed by atoms with E-state index in [0.717, 1.165) is 12.2 Å². The predicted molar refractivity (Wildman–Crippen MR) is 70.1 cm³/mol. The Hall–Kier alpha value is -2.17. The molecule has 5 heteroatoms. The van der Waals surface area contributed by atoms with Crippen LogP contribution in [0.4, 0.5) is 4.39 Å². The van der Waals surface area contributed by atoms with Crippen LogP contribution in [0.3, 0.4) is 0 Å². The zero-order valence-electron chi connectivity index (χ0n) is 11.0. The fourth-order valence-corrected chi connectivity index (χ4v) is 1.91. The summed E-state index contributed by atoms with van der Waals surface area (Å²) in [5.41, 5.74) is 1.45. The summed E-state index contributed by atoms with van der Waals surface area (Å²) in [5, 5.41) is 4.16. The molecule has 0 aliphatic rings. The summed E-state index contributed by atoms with van der Waals surface area (Å²) in [6, 6.07) is 7.45. The van der Waals surface area contributed by atoms with Crippen molar-refractivity contribution in [2.45, 2.75) is 20.0 Å². The molecule has 1 aromatic carbocycles. The van der Waals surface area contributed by atoms with Crippen LogP contribution in [-0.4, -0.2) is 27.6 Å². The summed E-state index contributed by atoms with van der Waals surface area (Å²) in [6.45, 7) is 3.24. The van der Waals surface area contributed by atoms with Gasteiger partial charge in [-0.05, 0) is 37.3 Å². The quantitative estimate of drug-likeness (QED) is 0.847. The number of carbonyl (C=O) groups excluding carboxylic acids is 1. The first-order valence-electron chi connectivity index (χ1n) is 6.13. The summed E-state index contributed by atoms with van der Waals surface area (Å²) in [4.78, 5) is 13.7. The number of aromatic nitrogens is 2. The number of hydrogen-bond donors (Lipinski definition) is 0. The molecule has 4 nitrogen and oxygen atoms in total. The van der Waals surface area contributed by atoms with E-state index in [2.05, 4.69) is 5.10 Å². The number of hydrogen-bond acceptors (Lipinski definition) is 2. The maximum atomic E-state index is 12.8. The van der Waals surface area contributed by atoms with Gasteiger partial charge in [-0.2, -0.15) is 5.10 Å². The average molecular weight is 261 g/mol. The van der Waals surface area contributed by atoms with Gasteiger partial charge in [-0.25, -0.2) is 4.39 Å². The molecule has 0 aliphatic carbocycles. The molecule has 1 amide bonds. The SMILES string of the molecule is CCn1nccc1CN(C)C(=O)c1ccc(F)cc1. The molecular weight excluding hydrogens is 245 g/mol. The van der Waals surface area contributed by atoms with Crippen molar-refractivity contribution < 1.29 is 9.18 Å². The maximum Gasteiger partial charge on any atom is 0.253 e. The third-order valence-corrected chi connectivity index (χ3v) is 2.94. The van der Waals surface area contributed by atoms with Crippen molar-refractivity contribution in [2.75, 3.05) is 7.05 Å². The molecule has 2 rings (SSSR count). The van der Waals surface area contributed by atoms with E-state index in [4.69, 9.17) is 0 Å². The number of amides is 1. The average Bonchev–Trinajstić information content (AvgIpc) is 2.86. The molecule has 100 valence electrons. The van der Waals surface area contributed by atoms with Crippen LogP contribution >= 0.6 is 0 Å². The minimum absolute atomic E-state index is 0.135. The molecule has 0 spiro atoms. The number of rotatable bonds is 4. The highest BCUT2D eigenvalue weighted by Crippen LogP contribution is 2.09. The normalized spacial score (nSPS) is 10.5. The van der Waals surface area contributed by atoms with Crippen molar-refractivity contribution in [1.29, 1.82) is 0 Å². The molecule has 19 heavy (non-hydrogen) atoms. The smallest absolute Gasteiger partial charge is 0.253 e. The minimum atomic E-state index is -0.344. The third kappa shape index (κ3) is 2.99. The lowest BCUT2D eigenvalue weighted by Gasteiger charge is -2.17. The van der Waals surface area contributed by atoms with Gasteiger partial charge >= 0.3 is 0 Å². The Bertz CT molecular complexity index is 562. The van der Waals surface area contributed by atoms with Gasteiger partial charge in [0.05, 0.1) is 12.2 Å². The number of nitrogens with zero attached hydrogens (tertiary/aromatic N) is 3. The Morgan fingerprint density at radius 2 is 2.00 bits per heavy atom. The van der Waals surface area contributed by atoms with Crippen molar-refractivity contribution in [3.63, 3.8) is 0 Å². The van der Waals surface area contributed by atoms with Crippen LogP contribution in [-0.2, 0) is 13.1 Å². The van der Waals surface area contributed by atoms with E-state index in [0.29, 0.717) is 12.1 Å². The molecule has 0 fully saturated rings. The first-order valence-corrected chi connectivity index (χ1v) is 6.13. The summed E-state index contributed by atoms with van der Waals surface area (Å²) < 4.78 is 14.7. The summed E-state index contributed by atoms with van der Waals surface area (Å²) in [5.74, 6) is -0.480. The molecule has 0 unspecified atom stereocenters. The first kappa shape index (κ1) is 13.3. The van der Waals surface area contributed by atoms with Gasteiger partial charge in [0.15, 0.2) is 0 Å². The predicted octanol–water partition coefficient (Wildman–Crippen LogP) is 2.31. The van der Waals surface area contributed by atoms with E-state index >= 15 is 0 Å². The van der Waals surface area contributed by atoms with Gasteiger partial charge in [0.25, 0.3) is 5.91 Å². The molecule has 1 aromatic heterocycles. The molecule has 0 saturated heterocycles. The van der Waals surface area contributed by atoms with Crippen LogP contribution < -0.4 is 0 Å². The second kappa shape index (κ2) is 5.65. The first-order chi connectivity index (χ1) is 9.11. The summed E-state index contributed by atoms with van der Waals surface area (Å²) in [6.07, 6.45) is 1.72. The molecular formula is C14H16FN3O. The number of halogens is 1. The zero-order chi connectivity index (χ0) is 13.8. The lowest BCUT2D eigenvalue weighted by molar-refractivity contribution is 0.0781. The summed E-state index contributed by atoms with van der Waals surface area (Å²) in [7, 11) is 1.72. The highest BCUT2D eigenvalue weighted by Gasteiger charge is 2.13. The molecule has 0 bridgehead atoms. The van der Waals surface area contributed by atoms with Crippen molar-refractivity contribution in [3.8, 4) is 0 Å². The highest BCUT2D eigenvalue weighted by atomic mass is 19.1. The number of benzene rings is 1. The van der Waals surface area contributed by atoms with E-state index in [1.54, 1.807) is 18.1 Å². The Balaban J connectivity index is 2.09. The topological polar surface area (TPSA) is 38.1 Å². The van der Waals surface area contributed by atoms with Crippen molar-refractivity contribution in [3.05, 3.63) is 53.6 Å². The second-order valence-corrected chi connectivity index (χ2v) is 4.31. The van der Waals surface area contributed by atoms with Crippen molar-refractivity contribution in [1.82, 2.24) is 14.7 Å². The second-order valence-electron chi connectivity index (χ2n) is 4.31. The van der Waals surface area contributed by atoms with Crippen LogP contribution in [0.25, 0.3) is 0 Å². The number of carbonyl (C=O) groups is 1. The molecule has 0 aliphatic heterocycles. The van der Waals surface area contributed by atoms with E-state index in [-0.39, 0.29) is 11.7 Å². The minimum Gasteiger partial charge on any atom is -0.336 e. The molecule has 0 N–H and O–H groups in total. The van der Waals surface area contributed by atoms with Crippen LogP contribution in [0.1, 0.15) is 23.0 Å². The molecule has 1 heterocycles. The van der Waals surface area contributed by atoms with Gasteiger partial charge in [0.1, 0.15) is 5.82 Å². The third-order valence-electron chi connectivity index (χ3n) is 2.94. The standard InChI is InChI=1S/C14H16FN3O/c1-3-18-13(8-9-16-18)10-17(2)14(19)11-4-6-12(15)7-5-11/h4-9H,3,10H2,1-2H3. The monoisotopic (exact) mass is 261 g/mol. The molecule has 0 radical (unpaired) electrons. The van der Waals surface area contributed by atoms with Crippen molar-refractivity contribution >= 4 is 5.91 Å². The van der Waals surface area contributed by atoms with Gasteiger partial charge in [-0.15, -0.1) is 0 Å². The van der Waals surface area contributed by atoms with Crippen LogP contribution in [0.5, 0.6) is 0 Å². The molecule has 0 atom stereocenters.